The minimum Gasteiger partial charge on any atom is -0.422 e. The standard InChI is InChI=1S/C18H17N5O/c1-10(2)13-7-14(11(3)4)21-17-12(13)5-6-16-20-15(8-23(16)17)18-22-19-9-24-18/h5-9,11H,1H2,2-4H3. The molecule has 0 spiro atoms. The Morgan fingerprint density at radius 3 is 2.75 bits per heavy atom. The highest BCUT2D eigenvalue weighted by atomic mass is 16.4. The van der Waals surface area contributed by atoms with Crippen LogP contribution in [0.25, 0.3) is 33.8 Å². The summed E-state index contributed by atoms with van der Waals surface area (Å²) in [5.41, 5.74) is 5.43. The number of pyridine rings is 2. The Bertz CT molecular complexity index is 1060. The summed E-state index contributed by atoms with van der Waals surface area (Å²) < 4.78 is 7.22. The van der Waals surface area contributed by atoms with Crippen LogP contribution < -0.4 is 0 Å². The Kier molecular flexibility index (Phi) is 3.19. The fourth-order valence-electron chi connectivity index (χ4n) is 2.79. The zero-order valence-corrected chi connectivity index (χ0v) is 13.8. The highest BCUT2D eigenvalue weighted by Crippen LogP contribution is 2.28. The van der Waals surface area contributed by atoms with E-state index in [4.69, 9.17) is 9.40 Å². The molecule has 6 nitrogen and oxygen atoms in total. The predicted octanol–water partition coefficient (Wildman–Crippen LogP) is 4.09. The summed E-state index contributed by atoms with van der Waals surface area (Å²) in [7, 11) is 0. The predicted molar refractivity (Wildman–Crippen MR) is 92.6 cm³/mol. The molecule has 0 saturated heterocycles. The van der Waals surface area contributed by atoms with E-state index >= 15 is 0 Å². The van der Waals surface area contributed by atoms with E-state index < -0.39 is 0 Å². The summed E-state index contributed by atoms with van der Waals surface area (Å²) in [6.45, 7) is 10.4. The fourth-order valence-corrected chi connectivity index (χ4v) is 2.79. The van der Waals surface area contributed by atoms with Gasteiger partial charge in [-0.05, 0) is 36.6 Å². The van der Waals surface area contributed by atoms with Crippen molar-refractivity contribution in [1.82, 2.24) is 24.6 Å². The third-order valence-corrected chi connectivity index (χ3v) is 4.05. The summed E-state index contributed by atoms with van der Waals surface area (Å²) in [6, 6.07) is 6.12. The van der Waals surface area contributed by atoms with Gasteiger partial charge in [-0.2, -0.15) is 0 Å². The third kappa shape index (κ3) is 2.19. The summed E-state index contributed by atoms with van der Waals surface area (Å²) in [6.07, 6.45) is 3.18. The van der Waals surface area contributed by atoms with Gasteiger partial charge < -0.3 is 4.42 Å². The lowest BCUT2D eigenvalue weighted by molar-refractivity contribution is 0.567. The summed E-state index contributed by atoms with van der Waals surface area (Å²) in [4.78, 5) is 9.41. The van der Waals surface area contributed by atoms with Crippen LogP contribution in [0, 0.1) is 0 Å². The normalized spacial score (nSPS) is 11.7. The van der Waals surface area contributed by atoms with Crippen LogP contribution in [-0.4, -0.2) is 24.6 Å². The molecule has 4 aromatic rings. The molecule has 4 heterocycles. The van der Waals surface area contributed by atoms with Gasteiger partial charge in [0.15, 0.2) is 0 Å². The van der Waals surface area contributed by atoms with Gasteiger partial charge in [0.1, 0.15) is 17.0 Å². The van der Waals surface area contributed by atoms with Gasteiger partial charge in [0.05, 0.1) is 0 Å². The van der Waals surface area contributed by atoms with E-state index in [2.05, 4.69) is 41.7 Å². The maximum absolute atomic E-state index is 5.25. The molecular weight excluding hydrogens is 302 g/mol. The molecule has 0 aliphatic rings. The van der Waals surface area contributed by atoms with Crippen molar-refractivity contribution in [2.24, 2.45) is 0 Å². The number of aromatic nitrogens is 5. The molecule has 0 fully saturated rings. The second-order valence-electron chi connectivity index (χ2n) is 6.20. The molecule has 0 saturated carbocycles. The van der Waals surface area contributed by atoms with Gasteiger partial charge >= 0.3 is 0 Å². The monoisotopic (exact) mass is 319 g/mol. The Labute approximate surface area is 138 Å². The lowest BCUT2D eigenvalue weighted by atomic mass is 10.0. The van der Waals surface area contributed by atoms with Crippen LogP contribution in [0.15, 0.2) is 41.8 Å². The highest BCUT2D eigenvalue weighted by Gasteiger charge is 2.15. The second kappa shape index (κ2) is 5.26. The Morgan fingerprint density at radius 2 is 2.08 bits per heavy atom. The molecule has 4 aromatic heterocycles. The molecule has 0 N–H and O–H groups in total. The number of nitrogens with zero attached hydrogens (tertiary/aromatic N) is 5. The highest BCUT2D eigenvalue weighted by molar-refractivity contribution is 5.91. The quantitative estimate of drug-likeness (QED) is 0.569. The number of hydrogen-bond donors (Lipinski definition) is 0. The van der Waals surface area contributed by atoms with E-state index in [0.717, 1.165) is 33.5 Å². The molecule has 0 aromatic carbocycles. The van der Waals surface area contributed by atoms with Crippen LogP contribution in [0.4, 0.5) is 0 Å². The number of allylic oxidation sites excluding steroid dienone is 1. The topological polar surface area (TPSA) is 69.1 Å². The van der Waals surface area contributed by atoms with Crippen molar-refractivity contribution < 1.29 is 4.42 Å². The zero-order chi connectivity index (χ0) is 16.8. The van der Waals surface area contributed by atoms with Gasteiger partial charge in [-0.25, -0.2) is 9.97 Å². The summed E-state index contributed by atoms with van der Waals surface area (Å²) in [5, 5.41) is 8.69. The van der Waals surface area contributed by atoms with E-state index in [1.54, 1.807) is 0 Å². The van der Waals surface area contributed by atoms with Crippen LogP contribution in [0.5, 0.6) is 0 Å². The molecule has 0 bridgehead atoms. The first-order valence-corrected chi connectivity index (χ1v) is 7.80. The van der Waals surface area contributed by atoms with E-state index in [1.165, 1.54) is 6.39 Å². The number of hydrogen-bond acceptors (Lipinski definition) is 5. The van der Waals surface area contributed by atoms with E-state index in [0.29, 0.717) is 17.5 Å². The second-order valence-corrected chi connectivity index (χ2v) is 6.20. The van der Waals surface area contributed by atoms with Crippen LogP contribution >= 0.6 is 0 Å². The molecule has 24 heavy (non-hydrogen) atoms. The molecule has 0 atom stereocenters. The lowest BCUT2D eigenvalue weighted by Crippen LogP contribution is -2.00. The maximum atomic E-state index is 5.25. The number of rotatable bonds is 3. The van der Waals surface area contributed by atoms with Gasteiger partial charge in [-0.15, -0.1) is 10.2 Å². The molecular formula is C18H17N5O. The Hall–Kier alpha value is -3.02. The van der Waals surface area contributed by atoms with Crippen LogP contribution in [0.2, 0.25) is 0 Å². The number of imidazole rings is 1. The molecule has 0 unspecified atom stereocenters. The van der Waals surface area contributed by atoms with E-state index in [1.807, 2.05) is 29.7 Å². The largest absolute Gasteiger partial charge is 0.422 e. The molecule has 120 valence electrons. The SMILES string of the molecule is C=C(C)c1cc(C(C)C)nc2c1ccc1nc(-c3nnco3)cn12. The minimum atomic E-state index is 0.321. The van der Waals surface area contributed by atoms with Crippen molar-refractivity contribution in [3.05, 3.63) is 48.6 Å². The Morgan fingerprint density at radius 1 is 1.25 bits per heavy atom. The maximum Gasteiger partial charge on any atom is 0.267 e. The molecule has 0 amide bonds. The Balaban J connectivity index is 2.07. The molecule has 0 radical (unpaired) electrons. The van der Waals surface area contributed by atoms with Gasteiger partial charge in [0.2, 0.25) is 6.39 Å². The minimum absolute atomic E-state index is 0.321. The molecule has 6 heteroatoms. The van der Waals surface area contributed by atoms with E-state index in [-0.39, 0.29) is 0 Å². The van der Waals surface area contributed by atoms with Crippen molar-refractivity contribution in [2.75, 3.05) is 0 Å². The smallest absolute Gasteiger partial charge is 0.267 e. The fraction of sp³-hybridized carbons (Fsp3) is 0.222. The average molecular weight is 319 g/mol. The van der Waals surface area contributed by atoms with Crippen LogP contribution in [0.3, 0.4) is 0 Å². The molecule has 0 aliphatic carbocycles. The van der Waals surface area contributed by atoms with Crippen molar-refractivity contribution in [1.29, 1.82) is 0 Å². The summed E-state index contributed by atoms with van der Waals surface area (Å²) in [5.74, 6) is 0.716. The first-order chi connectivity index (χ1) is 11.5. The first kappa shape index (κ1) is 14.6. The molecule has 4 rings (SSSR count). The van der Waals surface area contributed by atoms with Gasteiger partial charge in [0.25, 0.3) is 5.89 Å². The van der Waals surface area contributed by atoms with Gasteiger partial charge in [-0.1, -0.05) is 26.0 Å². The van der Waals surface area contributed by atoms with Crippen molar-refractivity contribution in [3.8, 4) is 11.6 Å². The molecule has 0 aliphatic heterocycles. The zero-order valence-electron chi connectivity index (χ0n) is 13.8. The first-order valence-electron chi connectivity index (χ1n) is 7.80. The van der Waals surface area contributed by atoms with Gasteiger partial charge in [0, 0.05) is 17.3 Å². The average Bonchev–Trinajstić information content (AvgIpc) is 3.22. The van der Waals surface area contributed by atoms with Crippen molar-refractivity contribution in [2.45, 2.75) is 26.7 Å². The van der Waals surface area contributed by atoms with Gasteiger partial charge in [-0.3, -0.25) is 4.40 Å². The lowest BCUT2D eigenvalue weighted by Gasteiger charge is -2.12. The van der Waals surface area contributed by atoms with Crippen LogP contribution in [0.1, 0.15) is 37.9 Å². The van der Waals surface area contributed by atoms with Crippen molar-refractivity contribution >= 4 is 22.3 Å². The third-order valence-electron chi connectivity index (χ3n) is 4.05. The van der Waals surface area contributed by atoms with Crippen LogP contribution in [-0.2, 0) is 0 Å². The summed E-state index contributed by atoms with van der Waals surface area (Å²) >= 11 is 0. The van der Waals surface area contributed by atoms with Crippen molar-refractivity contribution in [3.63, 3.8) is 0 Å². The number of fused-ring (bicyclic) bond motifs is 3. The van der Waals surface area contributed by atoms with E-state index in [9.17, 15) is 0 Å².